The highest BCUT2D eigenvalue weighted by Gasteiger charge is 2.06. The van der Waals surface area contributed by atoms with Gasteiger partial charge in [0, 0.05) is 26.3 Å². The highest BCUT2D eigenvalue weighted by Crippen LogP contribution is 2.14. The van der Waals surface area contributed by atoms with Gasteiger partial charge in [0.25, 0.3) is 0 Å². The first-order valence-electron chi connectivity index (χ1n) is 8.20. The fourth-order valence-electron chi connectivity index (χ4n) is 2.36. The molecular formula is C19H25ClN4. The van der Waals surface area contributed by atoms with Crippen LogP contribution < -0.4 is 10.6 Å². The molecular weight excluding hydrogens is 320 g/mol. The Labute approximate surface area is 149 Å². The van der Waals surface area contributed by atoms with Gasteiger partial charge in [-0.05, 0) is 36.5 Å². The van der Waals surface area contributed by atoms with Crippen LogP contribution in [0, 0.1) is 6.92 Å². The number of hydrogen-bond donors (Lipinski definition) is 2. The van der Waals surface area contributed by atoms with Crippen molar-refractivity contribution in [3.63, 3.8) is 0 Å². The van der Waals surface area contributed by atoms with Crippen molar-refractivity contribution in [2.45, 2.75) is 26.2 Å². The van der Waals surface area contributed by atoms with Gasteiger partial charge >= 0.3 is 0 Å². The van der Waals surface area contributed by atoms with Crippen LogP contribution in [0.25, 0.3) is 0 Å². The summed E-state index contributed by atoms with van der Waals surface area (Å²) in [5.74, 6) is 1.24. The van der Waals surface area contributed by atoms with E-state index in [-0.39, 0.29) is 0 Å². The number of hydrogen-bond acceptors (Lipinski definition) is 2. The minimum Gasteiger partial charge on any atom is -0.356 e. The molecule has 2 rings (SSSR count). The standard InChI is InChI=1S/C19H25ClN4/c1-14-4-7-17(8-5-14)15(2)12-24-19(21-3)22-11-10-16-6-9-18(20)23-13-16/h4-9,13,15H,10-12H2,1-3H3,(H2,21,22,24). The number of nitrogens with one attached hydrogen (secondary N) is 2. The van der Waals surface area contributed by atoms with Crippen molar-refractivity contribution in [2.24, 2.45) is 4.99 Å². The van der Waals surface area contributed by atoms with Crippen LogP contribution in [-0.4, -0.2) is 31.1 Å². The van der Waals surface area contributed by atoms with Crippen LogP contribution in [0.5, 0.6) is 0 Å². The summed E-state index contributed by atoms with van der Waals surface area (Å²) < 4.78 is 0. The van der Waals surface area contributed by atoms with E-state index >= 15 is 0 Å². The minimum absolute atomic E-state index is 0.421. The molecule has 0 saturated heterocycles. The molecule has 0 spiro atoms. The molecule has 128 valence electrons. The summed E-state index contributed by atoms with van der Waals surface area (Å²) in [6, 6.07) is 12.5. The number of benzene rings is 1. The Morgan fingerprint density at radius 1 is 1.17 bits per heavy atom. The molecule has 1 unspecified atom stereocenters. The number of aromatic nitrogens is 1. The first kappa shape index (κ1) is 18.3. The van der Waals surface area contributed by atoms with Gasteiger partial charge in [-0.2, -0.15) is 0 Å². The third-order valence-corrected chi connectivity index (χ3v) is 4.16. The molecule has 0 aliphatic heterocycles. The lowest BCUT2D eigenvalue weighted by molar-refractivity contribution is 0.697. The Morgan fingerprint density at radius 2 is 1.92 bits per heavy atom. The van der Waals surface area contributed by atoms with E-state index in [1.807, 2.05) is 12.1 Å². The van der Waals surface area contributed by atoms with Crippen LogP contribution in [0.2, 0.25) is 5.15 Å². The van der Waals surface area contributed by atoms with Gasteiger partial charge in [-0.15, -0.1) is 0 Å². The molecule has 2 N–H and O–H groups in total. The molecule has 0 radical (unpaired) electrons. The number of nitrogens with zero attached hydrogens (tertiary/aromatic N) is 2. The minimum atomic E-state index is 0.421. The predicted octanol–water partition coefficient (Wildman–Crippen LogP) is 3.55. The molecule has 5 heteroatoms. The summed E-state index contributed by atoms with van der Waals surface area (Å²) in [6.07, 6.45) is 2.68. The number of rotatable bonds is 6. The van der Waals surface area contributed by atoms with Crippen molar-refractivity contribution in [1.29, 1.82) is 0 Å². The molecule has 1 heterocycles. The van der Waals surface area contributed by atoms with E-state index in [0.29, 0.717) is 11.1 Å². The van der Waals surface area contributed by atoms with Crippen molar-refractivity contribution in [2.75, 3.05) is 20.1 Å². The van der Waals surface area contributed by atoms with Crippen molar-refractivity contribution in [3.8, 4) is 0 Å². The first-order chi connectivity index (χ1) is 11.6. The Hall–Kier alpha value is -2.07. The van der Waals surface area contributed by atoms with E-state index in [2.05, 4.69) is 58.7 Å². The maximum absolute atomic E-state index is 5.79. The molecule has 0 amide bonds. The normalized spacial score (nSPS) is 12.8. The molecule has 1 aromatic heterocycles. The molecule has 0 aliphatic rings. The summed E-state index contributed by atoms with van der Waals surface area (Å²) in [4.78, 5) is 8.36. The highest BCUT2D eigenvalue weighted by molar-refractivity contribution is 6.29. The van der Waals surface area contributed by atoms with Crippen molar-refractivity contribution in [3.05, 3.63) is 64.4 Å². The summed E-state index contributed by atoms with van der Waals surface area (Å²) in [6.45, 7) is 5.95. The van der Waals surface area contributed by atoms with E-state index in [9.17, 15) is 0 Å². The van der Waals surface area contributed by atoms with E-state index in [1.165, 1.54) is 11.1 Å². The number of guanidine groups is 1. The SMILES string of the molecule is CN=C(NCCc1ccc(Cl)nc1)NCC(C)c1ccc(C)cc1. The van der Waals surface area contributed by atoms with Crippen molar-refractivity contribution >= 4 is 17.6 Å². The zero-order valence-electron chi connectivity index (χ0n) is 14.5. The quantitative estimate of drug-likeness (QED) is 0.478. The van der Waals surface area contributed by atoms with Gasteiger partial charge in [0.1, 0.15) is 5.15 Å². The Balaban J connectivity index is 1.75. The van der Waals surface area contributed by atoms with Gasteiger partial charge in [-0.1, -0.05) is 54.4 Å². The van der Waals surface area contributed by atoms with Crippen LogP contribution in [-0.2, 0) is 6.42 Å². The number of pyridine rings is 1. The fourth-order valence-corrected chi connectivity index (χ4v) is 2.47. The summed E-state index contributed by atoms with van der Waals surface area (Å²) in [5.41, 5.74) is 3.76. The van der Waals surface area contributed by atoms with Gasteiger partial charge in [0.15, 0.2) is 5.96 Å². The van der Waals surface area contributed by atoms with E-state index in [0.717, 1.165) is 31.0 Å². The molecule has 1 atom stereocenters. The molecule has 0 saturated carbocycles. The lowest BCUT2D eigenvalue weighted by Gasteiger charge is -2.16. The van der Waals surface area contributed by atoms with Gasteiger partial charge in [0.05, 0.1) is 0 Å². The topological polar surface area (TPSA) is 49.3 Å². The summed E-state index contributed by atoms with van der Waals surface area (Å²) in [7, 11) is 1.79. The summed E-state index contributed by atoms with van der Waals surface area (Å²) >= 11 is 5.79. The first-order valence-corrected chi connectivity index (χ1v) is 8.58. The molecule has 0 bridgehead atoms. The Kier molecular flexibility index (Phi) is 7.07. The van der Waals surface area contributed by atoms with E-state index in [4.69, 9.17) is 11.6 Å². The van der Waals surface area contributed by atoms with Gasteiger partial charge in [-0.3, -0.25) is 4.99 Å². The second-order valence-corrected chi connectivity index (χ2v) is 6.32. The van der Waals surface area contributed by atoms with E-state index < -0.39 is 0 Å². The summed E-state index contributed by atoms with van der Waals surface area (Å²) in [5, 5.41) is 7.23. The number of aliphatic imine (C=N–C) groups is 1. The average molecular weight is 345 g/mol. The second-order valence-electron chi connectivity index (χ2n) is 5.93. The molecule has 2 aromatic rings. The van der Waals surface area contributed by atoms with Crippen molar-refractivity contribution < 1.29 is 0 Å². The third-order valence-electron chi connectivity index (χ3n) is 3.94. The zero-order chi connectivity index (χ0) is 17.4. The third kappa shape index (κ3) is 5.85. The number of halogens is 1. The smallest absolute Gasteiger partial charge is 0.191 e. The number of aryl methyl sites for hydroxylation is 1. The Bertz CT molecular complexity index is 650. The second kappa shape index (κ2) is 9.28. The predicted molar refractivity (Wildman–Crippen MR) is 102 cm³/mol. The molecule has 1 aromatic carbocycles. The molecule has 0 aliphatic carbocycles. The van der Waals surface area contributed by atoms with Crippen molar-refractivity contribution in [1.82, 2.24) is 15.6 Å². The van der Waals surface area contributed by atoms with E-state index in [1.54, 1.807) is 13.2 Å². The average Bonchev–Trinajstić information content (AvgIpc) is 2.60. The van der Waals surface area contributed by atoms with Gasteiger partial charge in [-0.25, -0.2) is 4.98 Å². The highest BCUT2D eigenvalue weighted by atomic mass is 35.5. The van der Waals surface area contributed by atoms with Crippen LogP contribution in [0.3, 0.4) is 0 Å². The van der Waals surface area contributed by atoms with Gasteiger partial charge in [0.2, 0.25) is 0 Å². The maximum atomic E-state index is 5.79. The van der Waals surface area contributed by atoms with Crippen LogP contribution in [0.4, 0.5) is 0 Å². The Morgan fingerprint density at radius 3 is 2.54 bits per heavy atom. The van der Waals surface area contributed by atoms with Gasteiger partial charge < -0.3 is 10.6 Å². The van der Waals surface area contributed by atoms with Crippen LogP contribution in [0.1, 0.15) is 29.5 Å². The van der Waals surface area contributed by atoms with Crippen LogP contribution >= 0.6 is 11.6 Å². The largest absolute Gasteiger partial charge is 0.356 e. The monoisotopic (exact) mass is 344 g/mol. The fraction of sp³-hybridized carbons (Fsp3) is 0.368. The molecule has 0 fully saturated rings. The lowest BCUT2D eigenvalue weighted by atomic mass is 10.0. The maximum Gasteiger partial charge on any atom is 0.191 e. The lowest BCUT2D eigenvalue weighted by Crippen LogP contribution is -2.39. The molecule has 4 nitrogen and oxygen atoms in total. The van der Waals surface area contributed by atoms with Crippen LogP contribution in [0.15, 0.2) is 47.6 Å². The molecule has 24 heavy (non-hydrogen) atoms. The zero-order valence-corrected chi connectivity index (χ0v) is 15.3.